The van der Waals surface area contributed by atoms with Gasteiger partial charge in [0.2, 0.25) is 0 Å². The van der Waals surface area contributed by atoms with Crippen molar-refractivity contribution in [3.05, 3.63) is 90.3 Å². The summed E-state index contributed by atoms with van der Waals surface area (Å²) in [5, 5.41) is 6.97. The zero-order valence-corrected chi connectivity index (χ0v) is 16.1. The lowest BCUT2D eigenvalue weighted by Crippen LogP contribution is -2.15. The average Bonchev–Trinajstić information content (AvgIpc) is 2.79. The van der Waals surface area contributed by atoms with Crippen molar-refractivity contribution >= 4 is 40.0 Å². The molecule has 2 aromatic heterocycles. The van der Waals surface area contributed by atoms with Gasteiger partial charge in [-0.15, -0.1) is 0 Å². The van der Waals surface area contributed by atoms with Gasteiger partial charge in [0.1, 0.15) is 5.82 Å². The number of amides is 1. The number of rotatable bonds is 5. The van der Waals surface area contributed by atoms with E-state index in [0.29, 0.717) is 17.1 Å². The Bertz CT molecular complexity index is 1220. The number of aromatic nitrogens is 2. The monoisotopic (exact) mass is 398 g/mol. The van der Waals surface area contributed by atoms with Crippen molar-refractivity contribution in [2.75, 3.05) is 17.7 Å². The fraction of sp³-hybridized carbons (Fsp3) is 0.0435. The lowest BCUT2D eigenvalue weighted by atomic mass is 10.1. The second-order valence-corrected chi connectivity index (χ2v) is 6.43. The zero-order chi connectivity index (χ0) is 20.9. The molecule has 4 aromatic rings. The molecule has 7 heteroatoms. The Morgan fingerprint density at radius 3 is 2.47 bits per heavy atom. The molecular weight excluding hydrogens is 380 g/mol. The van der Waals surface area contributed by atoms with Crippen LogP contribution in [0.15, 0.2) is 79.1 Å². The van der Waals surface area contributed by atoms with Crippen LogP contribution in [0.5, 0.6) is 0 Å². The first kappa shape index (κ1) is 19.1. The highest BCUT2D eigenvalue weighted by Crippen LogP contribution is 2.24. The van der Waals surface area contributed by atoms with Crippen LogP contribution in [-0.4, -0.2) is 29.0 Å². The molecule has 30 heavy (non-hydrogen) atoms. The molecule has 148 valence electrons. The fourth-order valence-corrected chi connectivity index (χ4v) is 3.02. The second kappa shape index (κ2) is 8.40. The highest BCUT2D eigenvalue weighted by Gasteiger charge is 2.14. The van der Waals surface area contributed by atoms with E-state index in [2.05, 4.69) is 20.6 Å². The van der Waals surface area contributed by atoms with Crippen molar-refractivity contribution in [3.8, 4) is 0 Å². The zero-order valence-electron chi connectivity index (χ0n) is 16.1. The Morgan fingerprint density at radius 1 is 0.867 bits per heavy atom. The number of fused-ring (bicyclic) bond motifs is 1. The maximum Gasteiger partial charge on any atom is 0.339 e. The van der Waals surface area contributed by atoms with Crippen molar-refractivity contribution in [1.29, 1.82) is 0 Å². The van der Waals surface area contributed by atoms with Crippen LogP contribution >= 0.6 is 0 Å². The molecule has 0 unspecified atom stereocenters. The summed E-state index contributed by atoms with van der Waals surface area (Å²) in [6.07, 6.45) is 3.21. The van der Waals surface area contributed by atoms with E-state index in [9.17, 15) is 9.59 Å². The largest absolute Gasteiger partial charge is 0.465 e. The number of hydrogen-bond donors (Lipinski definition) is 2. The Labute approximate surface area is 172 Å². The summed E-state index contributed by atoms with van der Waals surface area (Å²) in [4.78, 5) is 33.2. The van der Waals surface area contributed by atoms with E-state index in [4.69, 9.17) is 4.74 Å². The molecule has 0 saturated carbocycles. The van der Waals surface area contributed by atoms with Gasteiger partial charge in [-0.3, -0.25) is 9.78 Å². The van der Waals surface area contributed by atoms with E-state index in [1.165, 1.54) is 13.3 Å². The van der Waals surface area contributed by atoms with Gasteiger partial charge in [-0.05, 0) is 36.4 Å². The van der Waals surface area contributed by atoms with Gasteiger partial charge in [-0.25, -0.2) is 9.78 Å². The molecule has 0 fully saturated rings. The number of methoxy groups -OCH3 is 1. The summed E-state index contributed by atoms with van der Waals surface area (Å²) in [5.74, 6) is -0.316. The molecular formula is C23H18N4O3. The molecule has 0 spiro atoms. The van der Waals surface area contributed by atoms with Crippen molar-refractivity contribution < 1.29 is 14.3 Å². The summed E-state index contributed by atoms with van der Waals surface area (Å²) >= 11 is 0. The van der Waals surface area contributed by atoms with Crippen molar-refractivity contribution in [3.63, 3.8) is 0 Å². The minimum Gasteiger partial charge on any atom is -0.465 e. The van der Waals surface area contributed by atoms with Gasteiger partial charge >= 0.3 is 5.97 Å². The maximum atomic E-state index is 12.6. The number of anilines is 3. The van der Waals surface area contributed by atoms with Crippen LogP contribution in [0, 0.1) is 0 Å². The molecule has 7 nitrogen and oxygen atoms in total. The molecule has 2 N–H and O–H groups in total. The van der Waals surface area contributed by atoms with Gasteiger partial charge < -0.3 is 15.4 Å². The number of nitrogens with zero attached hydrogens (tertiary/aromatic N) is 2. The molecule has 2 heterocycles. The summed E-state index contributed by atoms with van der Waals surface area (Å²) in [6, 6.07) is 19.7. The van der Waals surface area contributed by atoms with E-state index in [1.807, 2.05) is 30.3 Å². The van der Waals surface area contributed by atoms with Crippen LogP contribution in [-0.2, 0) is 4.74 Å². The third-order valence-electron chi connectivity index (χ3n) is 4.50. The van der Waals surface area contributed by atoms with Crippen molar-refractivity contribution in [2.45, 2.75) is 0 Å². The molecule has 0 aliphatic carbocycles. The number of hydrogen-bond acceptors (Lipinski definition) is 6. The third-order valence-corrected chi connectivity index (χ3v) is 4.50. The number of pyridine rings is 2. The van der Waals surface area contributed by atoms with Crippen molar-refractivity contribution in [2.24, 2.45) is 0 Å². The Kier molecular flexibility index (Phi) is 5.34. The number of benzene rings is 2. The fourth-order valence-electron chi connectivity index (χ4n) is 3.02. The summed E-state index contributed by atoms with van der Waals surface area (Å²) in [7, 11) is 1.29. The van der Waals surface area contributed by atoms with Gasteiger partial charge in [-0.1, -0.05) is 30.3 Å². The standard InChI is InChI=1S/C23H18N4O3/c1-30-23(29)17-8-2-3-9-18(17)27-22(28)16-11-12-20(25-14-16)26-19-10-4-6-15-7-5-13-24-21(15)19/h2-14H,1H3,(H,25,26)(H,27,28). The lowest BCUT2D eigenvalue weighted by Gasteiger charge is -2.11. The van der Waals surface area contributed by atoms with Crippen LogP contribution in [0.1, 0.15) is 20.7 Å². The maximum absolute atomic E-state index is 12.6. The molecule has 0 radical (unpaired) electrons. The Hall–Kier alpha value is -4.26. The topological polar surface area (TPSA) is 93.2 Å². The van der Waals surface area contributed by atoms with E-state index in [0.717, 1.165) is 16.6 Å². The molecule has 1 amide bonds. The number of ether oxygens (including phenoxy) is 1. The molecule has 4 rings (SSSR count). The first-order valence-electron chi connectivity index (χ1n) is 9.21. The molecule has 0 aliphatic heterocycles. The van der Waals surface area contributed by atoms with Crippen LogP contribution in [0.3, 0.4) is 0 Å². The Morgan fingerprint density at radius 2 is 1.67 bits per heavy atom. The molecule has 0 bridgehead atoms. The van der Waals surface area contributed by atoms with Crippen LogP contribution in [0.2, 0.25) is 0 Å². The van der Waals surface area contributed by atoms with E-state index in [1.54, 1.807) is 42.6 Å². The predicted octanol–water partition coefficient (Wildman–Crippen LogP) is 4.41. The van der Waals surface area contributed by atoms with E-state index >= 15 is 0 Å². The molecule has 2 aromatic carbocycles. The van der Waals surface area contributed by atoms with Crippen LogP contribution < -0.4 is 10.6 Å². The quantitative estimate of drug-likeness (QED) is 0.484. The van der Waals surface area contributed by atoms with Crippen molar-refractivity contribution in [1.82, 2.24) is 9.97 Å². The van der Waals surface area contributed by atoms with E-state index < -0.39 is 5.97 Å². The van der Waals surface area contributed by atoms with Gasteiger partial charge in [-0.2, -0.15) is 0 Å². The molecule has 0 aliphatic rings. The Balaban J connectivity index is 1.51. The number of nitrogens with one attached hydrogen (secondary N) is 2. The van der Waals surface area contributed by atoms with E-state index in [-0.39, 0.29) is 11.5 Å². The number of para-hydroxylation sites is 2. The summed E-state index contributed by atoms with van der Waals surface area (Å²) < 4.78 is 4.75. The predicted molar refractivity (Wildman–Crippen MR) is 115 cm³/mol. The van der Waals surface area contributed by atoms with Crippen LogP contribution in [0.25, 0.3) is 10.9 Å². The summed E-state index contributed by atoms with van der Waals surface area (Å²) in [6.45, 7) is 0. The SMILES string of the molecule is COC(=O)c1ccccc1NC(=O)c1ccc(Nc2cccc3cccnc23)nc1. The van der Waals surface area contributed by atoms with Gasteiger partial charge in [0.05, 0.1) is 35.1 Å². The summed E-state index contributed by atoms with van der Waals surface area (Å²) in [5.41, 5.74) is 2.67. The third kappa shape index (κ3) is 3.95. The van der Waals surface area contributed by atoms with Gasteiger partial charge in [0, 0.05) is 17.8 Å². The molecule has 0 saturated heterocycles. The highest BCUT2D eigenvalue weighted by molar-refractivity contribution is 6.08. The number of carbonyl (C=O) groups is 2. The minimum atomic E-state index is -0.521. The first-order valence-corrected chi connectivity index (χ1v) is 9.21. The normalized spacial score (nSPS) is 10.4. The molecule has 0 atom stereocenters. The van der Waals surface area contributed by atoms with Crippen LogP contribution in [0.4, 0.5) is 17.2 Å². The average molecular weight is 398 g/mol. The number of carbonyl (C=O) groups excluding carboxylic acids is 2. The first-order chi connectivity index (χ1) is 14.7. The highest BCUT2D eigenvalue weighted by atomic mass is 16.5. The number of esters is 1. The second-order valence-electron chi connectivity index (χ2n) is 6.43. The minimum absolute atomic E-state index is 0.281. The smallest absolute Gasteiger partial charge is 0.339 e. The lowest BCUT2D eigenvalue weighted by molar-refractivity contribution is 0.0602. The van der Waals surface area contributed by atoms with Gasteiger partial charge in [0.15, 0.2) is 0 Å². The van der Waals surface area contributed by atoms with Gasteiger partial charge in [0.25, 0.3) is 5.91 Å².